The molecular formula is C26H28N4O5S. The molecule has 0 saturated carbocycles. The summed E-state index contributed by atoms with van der Waals surface area (Å²) in [6, 6.07) is 8.63. The minimum atomic E-state index is -0.614. The van der Waals surface area contributed by atoms with Crippen molar-refractivity contribution < 1.29 is 23.8 Å². The molecule has 2 aromatic rings. The molecule has 3 heterocycles. The number of fused-ring (bicyclic) bond motifs is 1. The predicted molar refractivity (Wildman–Crippen MR) is 137 cm³/mol. The number of hydrogen-bond donors (Lipinski definition) is 1. The monoisotopic (exact) mass is 508 g/mol. The van der Waals surface area contributed by atoms with Gasteiger partial charge in [0.05, 0.1) is 45.1 Å². The second kappa shape index (κ2) is 11.3. The Morgan fingerprint density at radius 3 is 2.64 bits per heavy atom. The molecule has 0 spiro atoms. The van der Waals surface area contributed by atoms with Gasteiger partial charge in [0.25, 0.3) is 0 Å². The molecule has 1 unspecified atom stereocenters. The molecule has 10 heteroatoms. The van der Waals surface area contributed by atoms with Crippen LogP contribution in [0.1, 0.15) is 36.9 Å². The molecule has 0 radical (unpaired) electrons. The third kappa shape index (κ3) is 4.94. The Morgan fingerprint density at radius 2 is 1.97 bits per heavy atom. The quantitative estimate of drug-likeness (QED) is 0.508. The van der Waals surface area contributed by atoms with Crippen molar-refractivity contribution in [3.63, 3.8) is 0 Å². The van der Waals surface area contributed by atoms with Crippen LogP contribution in [0.2, 0.25) is 0 Å². The van der Waals surface area contributed by atoms with Gasteiger partial charge in [-0.05, 0) is 29.5 Å². The lowest BCUT2D eigenvalue weighted by Crippen LogP contribution is -2.38. The Bertz CT molecular complexity index is 1240. The summed E-state index contributed by atoms with van der Waals surface area (Å²) in [7, 11) is 4.47. The Kier molecular flexibility index (Phi) is 7.94. The van der Waals surface area contributed by atoms with E-state index in [0.29, 0.717) is 52.2 Å². The van der Waals surface area contributed by atoms with Gasteiger partial charge in [0.2, 0.25) is 5.91 Å². The van der Waals surface area contributed by atoms with Gasteiger partial charge in [-0.2, -0.15) is 0 Å². The van der Waals surface area contributed by atoms with E-state index in [0.717, 1.165) is 5.56 Å². The molecule has 0 aliphatic carbocycles. The molecule has 1 amide bonds. The molecule has 2 aliphatic rings. The number of carbonyl (C=O) groups excluding carboxylic acids is 2. The number of ether oxygens (including phenoxy) is 3. The van der Waals surface area contributed by atoms with Crippen molar-refractivity contribution in [1.82, 2.24) is 15.2 Å². The van der Waals surface area contributed by atoms with Gasteiger partial charge in [0.15, 0.2) is 16.7 Å². The van der Waals surface area contributed by atoms with Crippen molar-refractivity contribution >= 4 is 28.8 Å². The van der Waals surface area contributed by atoms with E-state index in [4.69, 9.17) is 19.2 Å². The summed E-state index contributed by atoms with van der Waals surface area (Å²) >= 11 is 1.42. The van der Waals surface area contributed by atoms with Gasteiger partial charge in [-0.15, -0.1) is 0 Å². The predicted octanol–water partition coefficient (Wildman–Crippen LogP) is 3.94. The zero-order valence-corrected chi connectivity index (χ0v) is 21.4. The van der Waals surface area contributed by atoms with E-state index in [1.807, 2.05) is 41.5 Å². The van der Waals surface area contributed by atoms with Crippen LogP contribution < -0.4 is 14.8 Å². The maximum absolute atomic E-state index is 13.1. The highest BCUT2D eigenvalue weighted by Crippen LogP contribution is 2.49. The van der Waals surface area contributed by atoms with Crippen molar-refractivity contribution in [3.8, 4) is 11.5 Å². The molecule has 4 rings (SSSR count). The van der Waals surface area contributed by atoms with E-state index in [9.17, 15) is 9.59 Å². The highest BCUT2D eigenvalue weighted by molar-refractivity contribution is 8.16. The van der Waals surface area contributed by atoms with Crippen LogP contribution in [0.5, 0.6) is 11.5 Å². The zero-order chi connectivity index (χ0) is 25.7. The largest absolute Gasteiger partial charge is 0.493 e. The van der Waals surface area contributed by atoms with Crippen LogP contribution in [0.3, 0.4) is 0 Å². The normalized spacial score (nSPS) is 16.7. The van der Waals surface area contributed by atoms with E-state index >= 15 is 0 Å². The van der Waals surface area contributed by atoms with Gasteiger partial charge < -0.3 is 24.4 Å². The van der Waals surface area contributed by atoms with E-state index in [1.54, 1.807) is 32.7 Å². The number of benzene rings is 1. The summed E-state index contributed by atoms with van der Waals surface area (Å²) in [4.78, 5) is 36.8. The summed E-state index contributed by atoms with van der Waals surface area (Å²) in [6.45, 7) is 2.31. The zero-order valence-electron chi connectivity index (χ0n) is 20.6. The molecule has 0 fully saturated rings. The van der Waals surface area contributed by atoms with Gasteiger partial charge in [0, 0.05) is 30.2 Å². The van der Waals surface area contributed by atoms with E-state index in [2.05, 4.69) is 10.3 Å². The number of aliphatic imine (C=N–C) groups is 1. The molecule has 2 aliphatic heterocycles. The van der Waals surface area contributed by atoms with Crippen molar-refractivity contribution in [2.75, 3.05) is 21.3 Å². The number of amides is 1. The van der Waals surface area contributed by atoms with Crippen LogP contribution in [-0.4, -0.2) is 48.3 Å². The van der Waals surface area contributed by atoms with Crippen LogP contribution in [-0.2, 0) is 20.9 Å². The molecule has 0 bridgehead atoms. The lowest BCUT2D eigenvalue weighted by Gasteiger charge is -2.37. The second-order valence-electron chi connectivity index (χ2n) is 8.00. The third-order valence-corrected chi connectivity index (χ3v) is 6.80. The lowest BCUT2D eigenvalue weighted by atomic mass is 9.92. The van der Waals surface area contributed by atoms with Crippen molar-refractivity contribution in [3.05, 3.63) is 76.2 Å². The fraction of sp³-hybridized carbons (Fsp3) is 0.308. The SMILES string of the molecule is CCC1=C(C(=O)OC)C(c2cccc(OC)c2OC)N2C(CC(=O)NCc3cccnc3)=CSC2=N1. The number of esters is 1. The topological polar surface area (TPSA) is 102 Å². The molecule has 9 nitrogen and oxygen atoms in total. The van der Waals surface area contributed by atoms with Crippen LogP contribution in [0, 0.1) is 0 Å². The number of hydrogen-bond acceptors (Lipinski definition) is 9. The van der Waals surface area contributed by atoms with Gasteiger partial charge in [0.1, 0.15) is 0 Å². The van der Waals surface area contributed by atoms with E-state index < -0.39 is 12.0 Å². The number of carbonyl (C=O) groups is 2. The van der Waals surface area contributed by atoms with Crippen LogP contribution in [0.4, 0.5) is 0 Å². The fourth-order valence-corrected chi connectivity index (χ4v) is 5.20. The molecule has 1 atom stereocenters. The summed E-state index contributed by atoms with van der Waals surface area (Å²) in [5, 5.41) is 5.52. The first-order chi connectivity index (χ1) is 17.5. The Labute approximate surface area is 214 Å². The Morgan fingerprint density at radius 1 is 1.14 bits per heavy atom. The number of allylic oxidation sites excluding steroid dienone is 1. The number of pyridine rings is 1. The first-order valence-corrected chi connectivity index (χ1v) is 12.3. The number of methoxy groups -OCH3 is 3. The standard InChI is InChI=1S/C26H28N4O5S/c1-5-19-22(25(32)35-4)23(18-9-6-10-20(33-2)24(18)34-3)30-17(15-36-26(30)29-19)12-21(31)28-14-16-8-7-11-27-13-16/h6-11,13,15,23H,5,12,14H2,1-4H3,(H,28,31). The van der Waals surface area contributed by atoms with Crippen LogP contribution >= 0.6 is 11.8 Å². The maximum Gasteiger partial charge on any atom is 0.338 e. The molecule has 1 aromatic carbocycles. The number of nitrogens with zero attached hydrogens (tertiary/aromatic N) is 3. The number of para-hydroxylation sites is 1. The summed E-state index contributed by atoms with van der Waals surface area (Å²) in [6.07, 6.45) is 4.04. The first-order valence-electron chi connectivity index (χ1n) is 11.4. The summed E-state index contributed by atoms with van der Waals surface area (Å²) in [5.74, 6) is 0.392. The molecule has 188 valence electrons. The average molecular weight is 509 g/mol. The minimum absolute atomic E-state index is 0.102. The minimum Gasteiger partial charge on any atom is -0.493 e. The average Bonchev–Trinajstić information content (AvgIpc) is 3.32. The number of aromatic nitrogens is 1. The summed E-state index contributed by atoms with van der Waals surface area (Å²) < 4.78 is 16.4. The first kappa shape index (κ1) is 25.3. The third-order valence-electron chi connectivity index (χ3n) is 5.91. The molecule has 1 aromatic heterocycles. The Balaban J connectivity index is 1.71. The number of nitrogens with one attached hydrogen (secondary N) is 1. The molecule has 1 N–H and O–H groups in total. The molecular weight excluding hydrogens is 480 g/mol. The number of rotatable bonds is 9. The highest BCUT2D eigenvalue weighted by Gasteiger charge is 2.43. The van der Waals surface area contributed by atoms with Gasteiger partial charge in [-0.1, -0.05) is 36.9 Å². The van der Waals surface area contributed by atoms with Crippen LogP contribution in [0.25, 0.3) is 0 Å². The van der Waals surface area contributed by atoms with E-state index in [1.165, 1.54) is 18.9 Å². The highest BCUT2D eigenvalue weighted by atomic mass is 32.2. The fourth-order valence-electron chi connectivity index (χ4n) is 4.26. The molecule has 36 heavy (non-hydrogen) atoms. The van der Waals surface area contributed by atoms with Crippen molar-refractivity contribution in [1.29, 1.82) is 0 Å². The molecule has 0 saturated heterocycles. The second-order valence-corrected chi connectivity index (χ2v) is 8.83. The van der Waals surface area contributed by atoms with Gasteiger partial charge in [-0.3, -0.25) is 9.78 Å². The van der Waals surface area contributed by atoms with Crippen molar-refractivity contribution in [2.24, 2.45) is 4.99 Å². The summed E-state index contributed by atoms with van der Waals surface area (Å²) in [5.41, 5.74) is 3.36. The van der Waals surface area contributed by atoms with Crippen LogP contribution in [0.15, 0.2) is 70.1 Å². The maximum atomic E-state index is 13.1. The number of thioether (sulfide) groups is 1. The van der Waals surface area contributed by atoms with E-state index in [-0.39, 0.29) is 12.3 Å². The van der Waals surface area contributed by atoms with Crippen molar-refractivity contribution in [2.45, 2.75) is 32.4 Å². The van der Waals surface area contributed by atoms with Gasteiger partial charge >= 0.3 is 5.97 Å². The Hall–Kier alpha value is -3.79. The van der Waals surface area contributed by atoms with Gasteiger partial charge in [-0.25, -0.2) is 9.79 Å². The smallest absolute Gasteiger partial charge is 0.338 e. The number of amidine groups is 1. The lowest BCUT2D eigenvalue weighted by molar-refractivity contribution is -0.136.